The van der Waals surface area contributed by atoms with Gasteiger partial charge in [0, 0.05) is 0 Å². The van der Waals surface area contributed by atoms with Gasteiger partial charge in [-0.25, -0.2) is 0 Å². The Morgan fingerprint density at radius 1 is 1.25 bits per heavy atom. The first-order chi connectivity index (χ1) is 5.19. The Hall–Kier alpha value is -0.240. The fourth-order valence-corrected chi connectivity index (χ4v) is 1.78. The van der Waals surface area contributed by atoms with Crippen LogP contribution in [-0.2, 0) is 9.53 Å². The van der Waals surface area contributed by atoms with Crippen molar-refractivity contribution < 1.29 is 9.53 Å². The van der Waals surface area contributed by atoms with Crippen molar-refractivity contribution in [3.63, 3.8) is 0 Å². The van der Waals surface area contributed by atoms with Gasteiger partial charge in [-0.3, -0.25) is 4.79 Å². The van der Waals surface area contributed by atoms with Crippen LogP contribution in [0.15, 0.2) is 0 Å². The lowest BCUT2D eigenvalue weighted by Gasteiger charge is -2.30. The summed E-state index contributed by atoms with van der Waals surface area (Å²) < 4.78 is 4.75. The number of carbonyl (C=O) groups excluding carboxylic acids is 1. The molecule has 0 aromatic carbocycles. The lowest BCUT2D eigenvalue weighted by atomic mass is 9.76. The third-order valence-corrected chi connectivity index (χ3v) is 2.64. The maximum absolute atomic E-state index is 11.3. The van der Waals surface area contributed by atoms with E-state index in [2.05, 4.69) is 0 Å². The Labute approximate surface area is 80.1 Å². The minimum Gasteiger partial charge on any atom is -0.469 e. The Bertz CT molecular complexity index is 151. The van der Waals surface area contributed by atoms with Crippen LogP contribution in [0.2, 0.25) is 0 Å². The zero-order valence-corrected chi connectivity index (χ0v) is 8.58. The summed E-state index contributed by atoms with van der Waals surface area (Å²) in [6.07, 6.45) is 5.61. The zero-order chi connectivity index (χ0) is 8.32. The smallest absolute Gasteiger partial charge is 0.311 e. The predicted octanol–water partition coefficient (Wildman–Crippen LogP) is 2.55. The quantitative estimate of drug-likeness (QED) is 0.597. The molecule has 0 radical (unpaired) electrons. The summed E-state index contributed by atoms with van der Waals surface area (Å²) in [6, 6.07) is 0. The molecule has 0 aromatic rings. The topological polar surface area (TPSA) is 26.3 Å². The summed E-state index contributed by atoms with van der Waals surface area (Å²) in [4.78, 5) is 11.3. The molecule has 0 unspecified atom stereocenters. The van der Waals surface area contributed by atoms with Crippen LogP contribution in [0.25, 0.3) is 0 Å². The lowest BCUT2D eigenvalue weighted by molar-refractivity contribution is -0.153. The van der Waals surface area contributed by atoms with Crippen molar-refractivity contribution in [1.29, 1.82) is 0 Å². The van der Waals surface area contributed by atoms with E-state index in [1.807, 2.05) is 6.92 Å². The van der Waals surface area contributed by atoms with Gasteiger partial charge >= 0.3 is 5.97 Å². The van der Waals surface area contributed by atoms with Crippen molar-refractivity contribution in [2.24, 2.45) is 5.41 Å². The second-order valence-electron chi connectivity index (χ2n) is 3.61. The van der Waals surface area contributed by atoms with E-state index in [1.54, 1.807) is 0 Å². The van der Waals surface area contributed by atoms with E-state index in [1.165, 1.54) is 26.4 Å². The molecular formula is C9H17ClO2. The highest BCUT2D eigenvalue weighted by atomic mass is 35.5. The minimum atomic E-state index is -0.174. The normalized spacial score (nSPS) is 20.8. The summed E-state index contributed by atoms with van der Waals surface area (Å²) in [6.45, 7) is 2.01. The largest absolute Gasteiger partial charge is 0.469 e. The van der Waals surface area contributed by atoms with E-state index >= 15 is 0 Å². The molecule has 2 nitrogen and oxygen atoms in total. The molecule has 0 aromatic heterocycles. The molecule has 0 bridgehead atoms. The van der Waals surface area contributed by atoms with E-state index in [-0.39, 0.29) is 23.8 Å². The van der Waals surface area contributed by atoms with Crippen molar-refractivity contribution in [2.45, 2.75) is 39.0 Å². The zero-order valence-electron chi connectivity index (χ0n) is 7.76. The van der Waals surface area contributed by atoms with Crippen molar-refractivity contribution in [1.82, 2.24) is 0 Å². The van der Waals surface area contributed by atoms with Gasteiger partial charge in [-0.2, -0.15) is 0 Å². The van der Waals surface area contributed by atoms with E-state index in [0.717, 1.165) is 12.8 Å². The number of methoxy groups -OCH3 is 1. The summed E-state index contributed by atoms with van der Waals surface area (Å²) in [5.41, 5.74) is -0.174. The van der Waals surface area contributed by atoms with Crippen molar-refractivity contribution in [2.75, 3.05) is 7.11 Å². The number of carbonyl (C=O) groups is 1. The lowest BCUT2D eigenvalue weighted by Crippen LogP contribution is -2.31. The molecule has 1 rings (SSSR count). The first kappa shape index (κ1) is 11.8. The number of rotatable bonds is 1. The van der Waals surface area contributed by atoms with E-state index < -0.39 is 0 Å². The molecule has 0 heterocycles. The van der Waals surface area contributed by atoms with Crippen LogP contribution < -0.4 is 0 Å². The highest BCUT2D eigenvalue weighted by Gasteiger charge is 2.35. The average molecular weight is 193 g/mol. The van der Waals surface area contributed by atoms with E-state index in [4.69, 9.17) is 4.74 Å². The number of esters is 1. The molecule has 1 fully saturated rings. The summed E-state index contributed by atoms with van der Waals surface area (Å²) >= 11 is 0. The van der Waals surface area contributed by atoms with Crippen molar-refractivity contribution in [3.05, 3.63) is 0 Å². The molecular weight excluding hydrogens is 176 g/mol. The molecule has 1 aliphatic carbocycles. The number of halogens is 1. The Morgan fingerprint density at radius 2 is 1.75 bits per heavy atom. The van der Waals surface area contributed by atoms with Crippen molar-refractivity contribution in [3.8, 4) is 0 Å². The number of hydrogen-bond donors (Lipinski definition) is 0. The number of hydrogen-bond acceptors (Lipinski definition) is 2. The predicted molar refractivity (Wildman–Crippen MR) is 50.5 cm³/mol. The van der Waals surface area contributed by atoms with Crippen LogP contribution in [0.5, 0.6) is 0 Å². The first-order valence-corrected chi connectivity index (χ1v) is 4.27. The van der Waals surface area contributed by atoms with Crippen LogP contribution in [0.4, 0.5) is 0 Å². The maximum Gasteiger partial charge on any atom is 0.311 e. The van der Waals surface area contributed by atoms with Gasteiger partial charge in [-0.05, 0) is 19.8 Å². The Balaban J connectivity index is 0.00000121. The number of ether oxygens (including phenoxy) is 1. The van der Waals surface area contributed by atoms with Gasteiger partial charge in [0.1, 0.15) is 0 Å². The monoisotopic (exact) mass is 192 g/mol. The van der Waals surface area contributed by atoms with Gasteiger partial charge in [0.05, 0.1) is 12.5 Å². The standard InChI is InChI=1S/C9H16O2.ClH/c1-9(8(10)11-2)6-4-3-5-7-9;/h3-7H2,1-2H3;1H. The van der Waals surface area contributed by atoms with Gasteiger partial charge in [0.15, 0.2) is 0 Å². The summed E-state index contributed by atoms with van der Waals surface area (Å²) in [5, 5.41) is 0. The molecule has 0 aliphatic heterocycles. The Kier molecular flexibility index (Phi) is 4.61. The third kappa shape index (κ3) is 2.37. The summed E-state index contributed by atoms with van der Waals surface area (Å²) in [7, 11) is 1.47. The molecule has 0 atom stereocenters. The van der Waals surface area contributed by atoms with E-state index in [0.29, 0.717) is 0 Å². The first-order valence-electron chi connectivity index (χ1n) is 4.27. The highest BCUT2D eigenvalue weighted by Crippen LogP contribution is 2.36. The maximum atomic E-state index is 11.3. The molecule has 1 aliphatic rings. The third-order valence-electron chi connectivity index (χ3n) is 2.64. The second kappa shape index (κ2) is 4.70. The van der Waals surface area contributed by atoms with Gasteiger partial charge in [0.2, 0.25) is 0 Å². The van der Waals surface area contributed by atoms with Crippen LogP contribution in [-0.4, -0.2) is 13.1 Å². The molecule has 0 amide bonds. The molecule has 72 valence electrons. The van der Waals surface area contributed by atoms with Gasteiger partial charge in [-0.1, -0.05) is 19.3 Å². The van der Waals surface area contributed by atoms with Crippen LogP contribution >= 0.6 is 12.4 Å². The van der Waals surface area contributed by atoms with Crippen LogP contribution in [0.1, 0.15) is 39.0 Å². The fraction of sp³-hybridized carbons (Fsp3) is 0.889. The minimum absolute atomic E-state index is 0. The fourth-order valence-electron chi connectivity index (χ4n) is 1.78. The van der Waals surface area contributed by atoms with Gasteiger partial charge < -0.3 is 4.74 Å². The molecule has 0 spiro atoms. The van der Waals surface area contributed by atoms with Gasteiger partial charge in [-0.15, -0.1) is 12.4 Å². The average Bonchev–Trinajstić information content (AvgIpc) is 2.04. The molecule has 3 heteroatoms. The molecule has 0 N–H and O–H groups in total. The van der Waals surface area contributed by atoms with Gasteiger partial charge in [0.25, 0.3) is 0 Å². The summed E-state index contributed by atoms with van der Waals surface area (Å²) in [5.74, 6) is -0.0304. The highest BCUT2D eigenvalue weighted by molar-refractivity contribution is 5.85. The molecule has 0 saturated heterocycles. The van der Waals surface area contributed by atoms with E-state index in [9.17, 15) is 4.79 Å². The Morgan fingerprint density at radius 3 is 2.17 bits per heavy atom. The van der Waals surface area contributed by atoms with Crippen LogP contribution in [0, 0.1) is 5.41 Å². The van der Waals surface area contributed by atoms with Crippen molar-refractivity contribution >= 4 is 18.4 Å². The molecule has 12 heavy (non-hydrogen) atoms. The van der Waals surface area contributed by atoms with Crippen LogP contribution in [0.3, 0.4) is 0 Å². The second-order valence-corrected chi connectivity index (χ2v) is 3.61. The molecule has 1 saturated carbocycles. The SMILES string of the molecule is COC(=O)C1(C)CCCCC1.Cl.